The van der Waals surface area contributed by atoms with Gasteiger partial charge in [0.25, 0.3) is 0 Å². The van der Waals surface area contributed by atoms with Crippen LogP contribution in [0, 0.1) is 20.8 Å². The van der Waals surface area contributed by atoms with E-state index in [9.17, 15) is 9.90 Å². The average Bonchev–Trinajstić information content (AvgIpc) is 2.40. The Kier molecular flexibility index (Phi) is 4.64. The zero-order valence-electron chi connectivity index (χ0n) is 14.0. The molecule has 4 nitrogen and oxygen atoms in total. The second-order valence-electron chi connectivity index (χ2n) is 6.23. The van der Waals surface area contributed by atoms with Gasteiger partial charge in [0.05, 0.1) is 6.42 Å². The van der Waals surface area contributed by atoms with Crippen LogP contribution in [-0.4, -0.2) is 16.2 Å². The molecule has 2 aromatic rings. The number of carbonyl (C=O) groups is 1. The minimum absolute atomic E-state index is 0.0789. The Hall–Kier alpha value is -2.49. The molecule has 0 aromatic heterocycles. The molecule has 0 amide bonds. The van der Waals surface area contributed by atoms with E-state index in [1.54, 1.807) is 6.07 Å². The van der Waals surface area contributed by atoms with Crippen LogP contribution in [0.15, 0.2) is 24.3 Å². The van der Waals surface area contributed by atoms with Gasteiger partial charge < -0.3 is 15.9 Å². The molecule has 0 saturated heterocycles. The number of hydrogen-bond donors (Lipinski definition) is 3. The molecule has 0 saturated carbocycles. The van der Waals surface area contributed by atoms with E-state index < -0.39 is 5.97 Å². The maximum absolute atomic E-state index is 11.0. The molecule has 0 aliphatic rings. The fourth-order valence-corrected chi connectivity index (χ4v) is 3.10. The fourth-order valence-electron chi connectivity index (χ4n) is 3.10. The first-order valence-electron chi connectivity index (χ1n) is 7.63. The van der Waals surface area contributed by atoms with Crippen LogP contribution in [0.25, 0.3) is 11.1 Å². The number of nitrogen functional groups attached to an aromatic ring is 1. The normalized spacial score (nSPS) is 12.2. The SMILES string of the molecule is Cc1cc(-c2c(C)cc(O)cc2N)cc(C(C)CC(=O)O)c1C. The second kappa shape index (κ2) is 6.32. The lowest BCUT2D eigenvalue weighted by molar-refractivity contribution is -0.137. The van der Waals surface area contributed by atoms with Crippen molar-refractivity contribution in [3.05, 3.63) is 46.5 Å². The van der Waals surface area contributed by atoms with Crippen LogP contribution in [0.2, 0.25) is 0 Å². The van der Waals surface area contributed by atoms with Gasteiger partial charge in [0.1, 0.15) is 5.75 Å². The summed E-state index contributed by atoms with van der Waals surface area (Å²) in [6.07, 6.45) is 0.0910. The maximum atomic E-state index is 11.0. The Morgan fingerprint density at radius 2 is 1.78 bits per heavy atom. The van der Waals surface area contributed by atoms with Gasteiger partial charge >= 0.3 is 5.97 Å². The van der Waals surface area contributed by atoms with Crippen molar-refractivity contribution in [2.45, 2.75) is 40.0 Å². The Labute approximate surface area is 136 Å². The number of phenols is 1. The summed E-state index contributed by atoms with van der Waals surface area (Å²) < 4.78 is 0. The standard InChI is InChI=1S/C19H23NO3/c1-10-5-14(19-12(3)6-15(21)9-17(19)20)8-16(13(10)4)11(2)7-18(22)23/h5-6,8-9,11,21H,7,20H2,1-4H3,(H,22,23). The zero-order chi connectivity index (χ0) is 17.3. The molecule has 0 aliphatic heterocycles. The smallest absolute Gasteiger partial charge is 0.303 e. The quantitative estimate of drug-likeness (QED) is 0.741. The number of phenolic OH excluding ortho intramolecular Hbond substituents is 1. The summed E-state index contributed by atoms with van der Waals surface area (Å²) >= 11 is 0. The molecular formula is C19H23NO3. The molecule has 0 bridgehead atoms. The minimum Gasteiger partial charge on any atom is -0.508 e. The Morgan fingerprint density at radius 1 is 1.13 bits per heavy atom. The first-order chi connectivity index (χ1) is 10.7. The third-order valence-electron chi connectivity index (χ3n) is 4.36. The fraction of sp³-hybridized carbons (Fsp3) is 0.316. The summed E-state index contributed by atoms with van der Waals surface area (Å²) in [5, 5.41) is 18.7. The lowest BCUT2D eigenvalue weighted by Gasteiger charge is -2.19. The number of aliphatic carboxylic acids is 1. The molecular weight excluding hydrogens is 290 g/mol. The van der Waals surface area contributed by atoms with Crippen LogP contribution in [0.4, 0.5) is 5.69 Å². The van der Waals surface area contributed by atoms with E-state index in [0.717, 1.165) is 33.4 Å². The highest BCUT2D eigenvalue weighted by molar-refractivity contribution is 5.81. The second-order valence-corrected chi connectivity index (χ2v) is 6.23. The van der Waals surface area contributed by atoms with Crippen molar-refractivity contribution in [2.75, 3.05) is 5.73 Å². The van der Waals surface area contributed by atoms with Crippen molar-refractivity contribution in [3.63, 3.8) is 0 Å². The molecule has 0 fully saturated rings. The molecule has 1 atom stereocenters. The molecule has 0 heterocycles. The molecule has 0 spiro atoms. The zero-order valence-corrected chi connectivity index (χ0v) is 14.0. The van der Waals surface area contributed by atoms with Crippen molar-refractivity contribution in [1.82, 2.24) is 0 Å². The lowest BCUT2D eigenvalue weighted by Crippen LogP contribution is -2.06. The van der Waals surface area contributed by atoms with Crippen molar-refractivity contribution < 1.29 is 15.0 Å². The first kappa shape index (κ1) is 16.9. The van der Waals surface area contributed by atoms with E-state index >= 15 is 0 Å². The van der Waals surface area contributed by atoms with Gasteiger partial charge in [-0.1, -0.05) is 19.1 Å². The predicted octanol–water partition coefficient (Wildman–Crippen LogP) is 4.14. The maximum Gasteiger partial charge on any atom is 0.303 e. The van der Waals surface area contributed by atoms with E-state index in [2.05, 4.69) is 6.07 Å². The third kappa shape index (κ3) is 3.47. The minimum atomic E-state index is -0.805. The highest BCUT2D eigenvalue weighted by Crippen LogP contribution is 2.36. The van der Waals surface area contributed by atoms with Gasteiger partial charge in [0.15, 0.2) is 0 Å². The highest BCUT2D eigenvalue weighted by Gasteiger charge is 2.17. The summed E-state index contributed by atoms with van der Waals surface area (Å²) in [7, 11) is 0. The highest BCUT2D eigenvalue weighted by atomic mass is 16.4. The summed E-state index contributed by atoms with van der Waals surface area (Å²) in [6, 6.07) is 7.30. The van der Waals surface area contributed by atoms with Gasteiger partial charge in [0.2, 0.25) is 0 Å². The number of rotatable bonds is 4. The van der Waals surface area contributed by atoms with Crippen LogP contribution in [-0.2, 0) is 4.79 Å². The molecule has 0 radical (unpaired) electrons. The van der Waals surface area contributed by atoms with Crippen molar-refractivity contribution in [3.8, 4) is 16.9 Å². The number of aromatic hydroxyl groups is 1. The number of benzene rings is 2. The first-order valence-corrected chi connectivity index (χ1v) is 7.63. The van der Waals surface area contributed by atoms with E-state index in [-0.39, 0.29) is 18.1 Å². The number of nitrogens with two attached hydrogens (primary N) is 1. The summed E-state index contributed by atoms with van der Waals surface area (Å²) in [5.41, 5.74) is 12.6. The van der Waals surface area contributed by atoms with Crippen molar-refractivity contribution in [1.29, 1.82) is 0 Å². The predicted molar refractivity (Wildman–Crippen MR) is 92.8 cm³/mol. The summed E-state index contributed by atoms with van der Waals surface area (Å²) in [4.78, 5) is 11.0. The van der Waals surface area contributed by atoms with Crippen LogP contribution < -0.4 is 5.73 Å². The van der Waals surface area contributed by atoms with Gasteiger partial charge in [-0.15, -0.1) is 0 Å². The van der Waals surface area contributed by atoms with Crippen LogP contribution >= 0.6 is 0 Å². The molecule has 0 aliphatic carbocycles. The van der Waals surface area contributed by atoms with Crippen molar-refractivity contribution >= 4 is 11.7 Å². The Morgan fingerprint density at radius 3 is 2.35 bits per heavy atom. The van der Waals surface area contributed by atoms with Gasteiger partial charge in [-0.05, 0) is 60.6 Å². The number of hydrogen-bond acceptors (Lipinski definition) is 3. The summed E-state index contributed by atoms with van der Waals surface area (Å²) in [6.45, 7) is 7.86. The number of anilines is 1. The van der Waals surface area contributed by atoms with E-state index in [0.29, 0.717) is 5.69 Å². The van der Waals surface area contributed by atoms with Gasteiger partial charge in [0, 0.05) is 17.3 Å². The average molecular weight is 313 g/mol. The topological polar surface area (TPSA) is 83.5 Å². The number of aryl methyl sites for hydroxylation is 2. The molecule has 4 N–H and O–H groups in total. The number of carboxylic acids is 1. The Bertz CT molecular complexity index is 742. The van der Waals surface area contributed by atoms with Gasteiger partial charge in [-0.25, -0.2) is 0 Å². The molecule has 4 heteroatoms. The molecule has 2 rings (SSSR count). The third-order valence-corrected chi connectivity index (χ3v) is 4.36. The molecule has 23 heavy (non-hydrogen) atoms. The van der Waals surface area contributed by atoms with Crippen LogP contribution in [0.5, 0.6) is 5.75 Å². The molecule has 1 unspecified atom stereocenters. The monoisotopic (exact) mass is 313 g/mol. The molecule has 2 aromatic carbocycles. The van der Waals surface area contributed by atoms with E-state index in [1.165, 1.54) is 6.07 Å². The van der Waals surface area contributed by atoms with Crippen molar-refractivity contribution in [2.24, 2.45) is 0 Å². The van der Waals surface area contributed by atoms with Crippen LogP contribution in [0.3, 0.4) is 0 Å². The Balaban J connectivity index is 2.62. The van der Waals surface area contributed by atoms with Gasteiger partial charge in [-0.3, -0.25) is 4.79 Å². The largest absolute Gasteiger partial charge is 0.508 e. The number of carboxylic acid groups (broad SMARTS) is 1. The van der Waals surface area contributed by atoms with Crippen LogP contribution in [0.1, 0.15) is 41.5 Å². The molecule has 122 valence electrons. The van der Waals surface area contributed by atoms with E-state index in [1.807, 2.05) is 33.8 Å². The lowest BCUT2D eigenvalue weighted by atomic mass is 9.86. The van der Waals surface area contributed by atoms with E-state index in [4.69, 9.17) is 10.8 Å². The summed E-state index contributed by atoms with van der Waals surface area (Å²) in [5.74, 6) is -0.739. The van der Waals surface area contributed by atoms with Gasteiger partial charge in [-0.2, -0.15) is 0 Å².